The topological polar surface area (TPSA) is 49.7 Å². The molecule has 0 aromatic rings. The van der Waals surface area contributed by atoms with Gasteiger partial charge in [0.2, 0.25) is 0 Å². The molecular formula is C21H33ClO3. The molecule has 3 aliphatic rings. The van der Waals surface area contributed by atoms with Crippen molar-refractivity contribution in [2.24, 2.45) is 28.6 Å². The lowest BCUT2D eigenvalue weighted by Crippen LogP contribution is -2.60. The molecule has 8 atom stereocenters. The maximum atomic E-state index is 10.8. The lowest BCUT2D eigenvalue weighted by Gasteiger charge is -2.60. The SMILES string of the molecule is C=C(C)[C@@H](C)CC[C@]1(C)[C@H]2CC=C3CO[C@@H](O)[C@H]3[C@]2(C)C[C@@H](O)[C@@H]1Cl. The van der Waals surface area contributed by atoms with Gasteiger partial charge >= 0.3 is 0 Å². The van der Waals surface area contributed by atoms with Crippen LogP contribution in [0.5, 0.6) is 0 Å². The molecule has 1 saturated heterocycles. The molecular weight excluding hydrogens is 336 g/mol. The van der Waals surface area contributed by atoms with Gasteiger partial charge in [-0.3, -0.25) is 0 Å². The van der Waals surface area contributed by atoms with Gasteiger partial charge in [-0.25, -0.2) is 0 Å². The van der Waals surface area contributed by atoms with Crippen molar-refractivity contribution < 1.29 is 14.9 Å². The molecule has 2 fully saturated rings. The number of aliphatic hydroxyl groups excluding tert-OH is 2. The van der Waals surface area contributed by atoms with Crippen LogP contribution in [0.15, 0.2) is 23.8 Å². The minimum absolute atomic E-state index is 0.0250. The molecule has 25 heavy (non-hydrogen) atoms. The summed E-state index contributed by atoms with van der Waals surface area (Å²) in [5.74, 6) is 0.748. The molecule has 1 aliphatic heterocycles. The lowest BCUT2D eigenvalue weighted by molar-refractivity contribution is -0.160. The third-order valence-corrected chi connectivity index (χ3v) is 8.39. The summed E-state index contributed by atoms with van der Waals surface area (Å²) < 4.78 is 5.53. The first kappa shape index (κ1) is 19.4. The van der Waals surface area contributed by atoms with E-state index >= 15 is 0 Å². The fourth-order valence-electron chi connectivity index (χ4n) is 5.80. The van der Waals surface area contributed by atoms with E-state index in [4.69, 9.17) is 16.3 Å². The Balaban J connectivity index is 1.94. The first-order valence-corrected chi connectivity index (χ1v) is 10.0. The normalized spacial score (nSPS) is 47.6. The highest BCUT2D eigenvalue weighted by atomic mass is 35.5. The Morgan fingerprint density at radius 1 is 1.44 bits per heavy atom. The van der Waals surface area contributed by atoms with Crippen molar-refractivity contribution in [1.29, 1.82) is 0 Å². The van der Waals surface area contributed by atoms with Gasteiger partial charge in [-0.2, -0.15) is 0 Å². The van der Waals surface area contributed by atoms with Crippen LogP contribution >= 0.6 is 11.6 Å². The predicted octanol–water partition coefficient (Wildman–Crippen LogP) is 4.27. The number of halogens is 1. The number of alkyl halides is 1. The second-order valence-electron chi connectivity index (χ2n) is 9.22. The molecule has 0 aromatic carbocycles. The van der Waals surface area contributed by atoms with Crippen molar-refractivity contribution >= 4 is 11.6 Å². The summed E-state index contributed by atoms with van der Waals surface area (Å²) in [4.78, 5) is 0. The highest BCUT2D eigenvalue weighted by Gasteiger charge is 2.62. The quantitative estimate of drug-likeness (QED) is 0.575. The van der Waals surface area contributed by atoms with Crippen molar-refractivity contribution in [3.8, 4) is 0 Å². The summed E-state index contributed by atoms with van der Waals surface area (Å²) in [5.41, 5.74) is 2.03. The number of aliphatic hydroxyl groups is 2. The van der Waals surface area contributed by atoms with Gasteiger partial charge in [-0.15, -0.1) is 11.6 Å². The zero-order chi connectivity index (χ0) is 18.6. The van der Waals surface area contributed by atoms with Crippen LogP contribution in [0.25, 0.3) is 0 Å². The third kappa shape index (κ3) is 3.01. The van der Waals surface area contributed by atoms with Crippen molar-refractivity contribution in [3.63, 3.8) is 0 Å². The fraction of sp³-hybridized carbons (Fsp3) is 0.810. The molecule has 0 amide bonds. The van der Waals surface area contributed by atoms with E-state index in [0.29, 0.717) is 24.9 Å². The van der Waals surface area contributed by atoms with Gasteiger partial charge in [0.25, 0.3) is 0 Å². The Morgan fingerprint density at radius 3 is 2.76 bits per heavy atom. The molecule has 3 rings (SSSR count). The highest BCUT2D eigenvalue weighted by molar-refractivity contribution is 6.21. The maximum Gasteiger partial charge on any atom is 0.162 e. The Kier molecular flexibility index (Phi) is 5.18. The number of hydrogen-bond donors (Lipinski definition) is 2. The minimum Gasteiger partial charge on any atom is -0.392 e. The molecule has 0 radical (unpaired) electrons. The zero-order valence-electron chi connectivity index (χ0n) is 16.0. The number of rotatable bonds is 4. The predicted molar refractivity (Wildman–Crippen MR) is 101 cm³/mol. The first-order valence-electron chi connectivity index (χ1n) is 9.57. The van der Waals surface area contributed by atoms with E-state index in [9.17, 15) is 10.2 Å². The summed E-state index contributed by atoms with van der Waals surface area (Å²) in [7, 11) is 0. The van der Waals surface area contributed by atoms with E-state index in [1.807, 2.05) is 0 Å². The van der Waals surface area contributed by atoms with E-state index in [1.165, 1.54) is 11.1 Å². The largest absolute Gasteiger partial charge is 0.392 e. The molecule has 0 unspecified atom stereocenters. The van der Waals surface area contributed by atoms with E-state index in [0.717, 1.165) is 19.3 Å². The van der Waals surface area contributed by atoms with E-state index in [2.05, 4.69) is 40.3 Å². The number of fused-ring (bicyclic) bond motifs is 3. The Morgan fingerprint density at radius 2 is 2.12 bits per heavy atom. The fourth-order valence-corrected chi connectivity index (χ4v) is 6.15. The third-order valence-electron chi connectivity index (χ3n) is 7.60. The number of allylic oxidation sites excluding steroid dienone is 2. The second-order valence-corrected chi connectivity index (χ2v) is 9.69. The Bertz CT molecular complexity index is 573. The van der Waals surface area contributed by atoms with Crippen LogP contribution in [-0.2, 0) is 4.74 Å². The average Bonchev–Trinajstić information content (AvgIpc) is 2.93. The molecule has 0 bridgehead atoms. The van der Waals surface area contributed by atoms with E-state index in [-0.39, 0.29) is 22.1 Å². The van der Waals surface area contributed by atoms with Crippen LogP contribution in [0.2, 0.25) is 0 Å². The number of hydrogen-bond acceptors (Lipinski definition) is 3. The Labute approximate surface area is 157 Å². The van der Waals surface area contributed by atoms with Gasteiger partial charge in [0, 0.05) is 5.92 Å². The molecule has 1 saturated carbocycles. The number of ether oxygens (including phenoxy) is 1. The van der Waals surface area contributed by atoms with Gasteiger partial charge in [0.15, 0.2) is 6.29 Å². The van der Waals surface area contributed by atoms with Gasteiger partial charge in [-0.05, 0) is 60.8 Å². The van der Waals surface area contributed by atoms with Crippen LogP contribution in [0.4, 0.5) is 0 Å². The van der Waals surface area contributed by atoms with Crippen molar-refractivity contribution in [3.05, 3.63) is 23.8 Å². The van der Waals surface area contributed by atoms with Crippen LogP contribution < -0.4 is 0 Å². The monoisotopic (exact) mass is 368 g/mol. The highest BCUT2D eigenvalue weighted by Crippen LogP contribution is 2.64. The van der Waals surface area contributed by atoms with Crippen LogP contribution in [0.1, 0.15) is 53.4 Å². The summed E-state index contributed by atoms with van der Waals surface area (Å²) in [6.45, 7) is 13.3. The summed E-state index contributed by atoms with van der Waals surface area (Å²) in [6, 6.07) is 0. The summed E-state index contributed by atoms with van der Waals surface area (Å²) in [5, 5.41) is 21.0. The van der Waals surface area contributed by atoms with E-state index in [1.54, 1.807) is 0 Å². The summed E-state index contributed by atoms with van der Waals surface area (Å²) in [6.07, 6.45) is 4.49. The van der Waals surface area contributed by atoms with Gasteiger partial charge in [0.1, 0.15) is 0 Å². The van der Waals surface area contributed by atoms with Gasteiger partial charge in [-0.1, -0.05) is 39.0 Å². The standard InChI is InChI=1S/C21H33ClO3/c1-12(2)13(3)8-9-20(4)16-7-6-14-11-25-19(24)17(14)21(16,5)10-15(23)18(20)22/h6,13,15-19,23-24H,1,7-11H2,2-5H3/t13-,15+,16+,17-,18-,19+,20+,21+/m0/s1. The summed E-state index contributed by atoms with van der Waals surface area (Å²) >= 11 is 6.81. The molecule has 0 aromatic heterocycles. The van der Waals surface area contributed by atoms with Crippen LogP contribution in [-0.4, -0.2) is 34.6 Å². The molecule has 142 valence electrons. The smallest absolute Gasteiger partial charge is 0.162 e. The average molecular weight is 369 g/mol. The molecule has 3 nitrogen and oxygen atoms in total. The second kappa shape index (κ2) is 6.67. The van der Waals surface area contributed by atoms with Gasteiger partial charge in [0.05, 0.1) is 18.1 Å². The van der Waals surface area contributed by atoms with E-state index < -0.39 is 12.4 Å². The van der Waals surface area contributed by atoms with Crippen molar-refractivity contribution in [2.75, 3.05) is 6.61 Å². The van der Waals surface area contributed by atoms with Crippen molar-refractivity contribution in [1.82, 2.24) is 0 Å². The molecule has 4 heteroatoms. The van der Waals surface area contributed by atoms with Crippen molar-refractivity contribution in [2.45, 2.75) is 71.1 Å². The zero-order valence-corrected chi connectivity index (χ0v) is 16.7. The van der Waals surface area contributed by atoms with Crippen LogP contribution in [0, 0.1) is 28.6 Å². The Hall–Kier alpha value is -0.350. The molecule has 1 heterocycles. The molecule has 2 N–H and O–H groups in total. The molecule has 2 aliphatic carbocycles. The first-order chi connectivity index (χ1) is 11.6. The maximum absolute atomic E-state index is 10.8. The lowest BCUT2D eigenvalue weighted by atomic mass is 9.46. The van der Waals surface area contributed by atoms with Gasteiger partial charge < -0.3 is 14.9 Å². The molecule has 0 spiro atoms. The minimum atomic E-state index is -0.767. The van der Waals surface area contributed by atoms with Crippen LogP contribution in [0.3, 0.4) is 0 Å².